The summed E-state index contributed by atoms with van der Waals surface area (Å²) in [5.41, 5.74) is 0. The number of thioether (sulfide) groups is 1. The molecule has 0 spiro atoms. The molecule has 0 fully saturated rings. The second kappa shape index (κ2) is 3.08. The lowest BCUT2D eigenvalue weighted by Gasteiger charge is -1.79. The van der Waals surface area contributed by atoms with E-state index in [-0.39, 0.29) is 5.88 Å². The lowest BCUT2D eigenvalue weighted by Crippen LogP contribution is -1.73. The summed E-state index contributed by atoms with van der Waals surface area (Å²) in [6.07, 6.45) is 1.87. The van der Waals surface area contributed by atoms with Gasteiger partial charge in [0.05, 0.1) is 0 Å². The third-order valence-corrected chi connectivity index (χ3v) is 1.48. The number of hydrogen-bond acceptors (Lipinski definition) is 4. The highest BCUT2D eigenvalue weighted by Gasteiger charge is 2.00. The molecule has 5 heteroatoms. The molecule has 1 rings (SSSR count). The molecule has 0 atom stereocenters. The van der Waals surface area contributed by atoms with Gasteiger partial charge >= 0.3 is 0 Å². The van der Waals surface area contributed by atoms with Crippen LogP contribution in [0.4, 0.5) is 0 Å². The van der Waals surface area contributed by atoms with Crippen LogP contribution in [0.1, 0.15) is 5.89 Å². The van der Waals surface area contributed by atoms with Crippen molar-refractivity contribution in [2.24, 2.45) is 0 Å². The third kappa shape index (κ3) is 1.59. The van der Waals surface area contributed by atoms with Gasteiger partial charge in [-0.15, -0.1) is 21.8 Å². The van der Waals surface area contributed by atoms with Crippen LogP contribution in [-0.2, 0) is 5.88 Å². The summed E-state index contributed by atoms with van der Waals surface area (Å²) < 4.78 is 4.99. The van der Waals surface area contributed by atoms with Crippen LogP contribution in [0.2, 0.25) is 0 Å². The van der Waals surface area contributed by atoms with Crippen LogP contribution >= 0.6 is 23.4 Å². The van der Waals surface area contributed by atoms with Gasteiger partial charge in [-0.3, -0.25) is 0 Å². The molecule has 0 N–H and O–H groups in total. The molecule has 0 aromatic carbocycles. The van der Waals surface area contributed by atoms with Crippen molar-refractivity contribution in [1.82, 2.24) is 10.2 Å². The van der Waals surface area contributed by atoms with Gasteiger partial charge in [-0.2, -0.15) is 0 Å². The fourth-order valence-electron chi connectivity index (χ4n) is 0.375. The molecule has 9 heavy (non-hydrogen) atoms. The van der Waals surface area contributed by atoms with Crippen LogP contribution < -0.4 is 0 Å². The first kappa shape index (κ1) is 6.89. The van der Waals surface area contributed by atoms with Gasteiger partial charge < -0.3 is 4.42 Å². The van der Waals surface area contributed by atoms with E-state index in [4.69, 9.17) is 16.0 Å². The molecule has 3 nitrogen and oxygen atoms in total. The highest BCUT2D eigenvalue weighted by molar-refractivity contribution is 7.98. The molecule has 0 amide bonds. The van der Waals surface area contributed by atoms with Crippen molar-refractivity contribution in [2.45, 2.75) is 11.1 Å². The predicted molar refractivity (Wildman–Crippen MR) is 35.6 cm³/mol. The molecule has 0 bridgehead atoms. The van der Waals surface area contributed by atoms with Gasteiger partial charge in [-0.05, 0) is 6.26 Å². The number of halogens is 1. The number of rotatable bonds is 2. The Balaban J connectivity index is 2.74. The molecular weight excluding hydrogens is 160 g/mol. The van der Waals surface area contributed by atoms with Crippen molar-refractivity contribution in [3.05, 3.63) is 5.89 Å². The maximum atomic E-state index is 5.39. The van der Waals surface area contributed by atoms with Gasteiger partial charge in [-0.1, -0.05) is 11.8 Å². The molecule has 0 radical (unpaired) electrons. The first-order chi connectivity index (χ1) is 4.36. The van der Waals surface area contributed by atoms with Crippen molar-refractivity contribution in [3.63, 3.8) is 0 Å². The molecule has 50 valence electrons. The second-order valence-corrected chi connectivity index (χ2v) is 2.32. The lowest BCUT2D eigenvalue weighted by molar-refractivity contribution is 0.426. The Kier molecular flexibility index (Phi) is 2.36. The van der Waals surface area contributed by atoms with E-state index in [1.54, 1.807) is 0 Å². The Morgan fingerprint density at radius 3 is 2.78 bits per heavy atom. The summed E-state index contributed by atoms with van der Waals surface area (Å²) in [6, 6.07) is 0. The van der Waals surface area contributed by atoms with Crippen molar-refractivity contribution in [3.8, 4) is 0 Å². The zero-order valence-corrected chi connectivity index (χ0v) is 6.37. The van der Waals surface area contributed by atoms with Crippen LogP contribution in [0.25, 0.3) is 0 Å². The zero-order valence-electron chi connectivity index (χ0n) is 4.80. The van der Waals surface area contributed by atoms with Crippen LogP contribution in [-0.4, -0.2) is 16.5 Å². The minimum atomic E-state index is 0.285. The molecule has 0 saturated carbocycles. The van der Waals surface area contributed by atoms with Crippen molar-refractivity contribution < 1.29 is 4.42 Å². The van der Waals surface area contributed by atoms with E-state index in [0.29, 0.717) is 11.1 Å². The van der Waals surface area contributed by atoms with Crippen LogP contribution in [0.5, 0.6) is 0 Å². The summed E-state index contributed by atoms with van der Waals surface area (Å²) >= 11 is 6.80. The van der Waals surface area contributed by atoms with Gasteiger partial charge in [0.2, 0.25) is 5.89 Å². The molecule has 1 heterocycles. The third-order valence-electron chi connectivity index (χ3n) is 0.737. The van der Waals surface area contributed by atoms with Crippen LogP contribution in [0.15, 0.2) is 9.64 Å². The summed E-state index contributed by atoms with van der Waals surface area (Å²) in [5.74, 6) is 0.758. The summed E-state index contributed by atoms with van der Waals surface area (Å²) in [4.78, 5) is 0. The van der Waals surface area contributed by atoms with E-state index in [9.17, 15) is 0 Å². The van der Waals surface area contributed by atoms with E-state index in [0.717, 1.165) is 0 Å². The maximum absolute atomic E-state index is 5.39. The van der Waals surface area contributed by atoms with Gasteiger partial charge in [-0.25, -0.2) is 0 Å². The zero-order chi connectivity index (χ0) is 6.69. The molecular formula is C4H5ClN2OS. The van der Waals surface area contributed by atoms with Crippen LogP contribution in [0.3, 0.4) is 0 Å². The number of hydrogen-bond donors (Lipinski definition) is 0. The topological polar surface area (TPSA) is 38.9 Å². The highest BCUT2D eigenvalue weighted by Crippen LogP contribution is 2.12. The smallest absolute Gasteiger partial charge is 0.276 e. The summed E-state index contributed by atoms with van der Waals surface area (Å²) in [7, 11) is 0. The number of aromatic nitrogens is 2. The Morgan fingerprint density at radius 2 is 2.44 bits per heavy atom. The Morgan fingerprint density at radius 1 is 1.67 bits per heavy atom. The first-order valence-corrected chi connectivity index (χ1v) is 4.05. The summed E-state index contributed by atoms with van der Waals surface area (Å²) in [5, 5.41) is 7.86. The molecule has 0 unspecified atom stereocenters. The van der Waals surface area contributed by atoms with E-state index >= 15 is 0 Å². The van der Waals surface area contributed by atoms with Gasteiger partial charge in [0.25, 0.3) is 5.22 Å². The Bertz CT molecular complexity index is 172. The predicted octanol–water partition coefficient (Wildman–Crippen LogP) is 1.53. The molecule has 1 aromatic heterocycles. The SMILES string of the molecule is CSc1nnc(CCl)o1. The van der Waals surface area contributed by atoms with E-state index < -0.39 is 0 Å². The molecule has 0 aliphatic heterocycles. The highest BCUT2D eigenvalue weighted by atomic mass is 35.5. The van der Waals surface area contributed by atoms with Crippen LogP contribution in [0, 0.1) is 0 Å². The standard InChI is InChI=1S/C4H5ClN2OS/c1-9-4-7-6-3(2-5)8-4/h2H2,1H3. The Hall–Kier alpha value is -0.220. The van der Waals surface area contributed by atoms with E-state index in [1.165, 1.54) is 11.8 Å². The largest absolute Gasteiger partial charge is 0.415 e. The Labute approximate surface area is 61.8 Å². The van der Waals surface area contributed by atoms with Gasteiger partial charge in [0, 0.05) is 0 Å². The van der Waals surface area contributed by atoms with E-state index in [2.05, 4.69) is 10.2 Å². The molecule has 1 aromatic rings. The minimum absolute atomic E-state index is 0.285. The first-order valence-electron chi connectivity index (χ1n) is 2.29. The fourth-order valence-corrected chi connectivity index (χ4v) is 0.785. The lowest BCUT2D eigenvalue weighted by atomic mass is 10.8. The van der Waals surface area contributed by atoms with Crippen molar-refractivity contribution >= 4 is 23.4 Å². The van der Waals surface area contributed by atoms with Gasteiger partial charge in [0.15, 0.2) is 0 Å². The van der Waals surface area contributed by atoms with Gasteiger partial charge in [0.1, 0.15) is 5.88 Å². The molecule has 0 aliphatic carbocycles. The monoisotopic (exact) mass is 164 g/mol. The fraction of sp³-hybridized carbons (Fsp3) is 0.500. The number of alkyl halides is 1. The minimum Gasteiger partial charge on any atom is -0.415 e. The molecule has 0 aliphatic rings. The summed E-state index contributed by atoms with van der Waals surface area (Å²) in [6.45, 7) is 0. The van der Waals surface area contributed by atoms with Crippen molar-refractivity contribution in [2.75, 3.05) is 6.26 Å². The normalized spacial score (nSPS) is 10.0. The average molecular weight is 165 g/mol. The second-order valence-electron chi connectivity index (χ2n) is 1.30. The van der Waals surface area contributed by atoms with E-state index in [1.807, 2.05) is 6.26 Å². The van der Waals surface area contributed by atoms with Crippen molar-refractivity contribution in [1.29, 1.82) is 0 Å². The number of nitrogens with zero attached hydrogens (tertiary/aromatic N) is 2. The maximum Gasteiger partial charge on any atom is 0.276 e. The quantitative estimate of drug-likeness (QED) is 0.491. The molecule has 0 saturated heterocycles. The average Bonchev–Trinajstić information content (AvgIpc) is 2.34.